The molecule has 5 aliphatic carbocycles. The zero-order chi connectivity index (χ0) is 28.1. The van der Waals surface area contributed by atoms with Gasteiger partial charge in [-0.25, -0.2) is 0 Å². The second-order valence-electron chi connectivity index (χ2n) is 15.0. The third kappa shape index (κ3) is 3.27. The second-order valence-corrected chi connectivity index (χ2v) is 15.0. The molecule has 0 aromatic rings. The monoisotopic (exact) mass is 514 g/mol. The van der Waals surface area contributed by atoms with Crippen molar-refractivity contribution in [2.45, 2.75) is 99.0 Å². The zero-order valence-electron chi connectivity index (χ0n) is 24.1. The van der Waals surface area contributed by atoms with Crippen molar-refractivity contribution in [1.82, 2.24) is 5.32 Å². The van der Waals surface area contributed by atoms with Gasteiger partial charge in [0.2, 0.25) is 0 Å². The molecule has 1 amide bonds. The summed E-state index contributed by atoms with van der Waals surface area (Å²) >= 11 is 0. The van der Waals surface area contributed by atoms with Gasteiger partial charge in [-0.3, -0.25) is 14.4 Å². The van der Waals surface area contributed by atoms with Crippen LogP contribution in [0.15, 0.2) is 23.3 Å². The van der Waals surface area contributed by atoms with E-state index in [4.69, 9.17) is 6.42 Å². The van der Waals surface area contributed by atoms with Crippen molar-refractivity contribution in [1.29, 1.82) is 5.26 Å². The summed E-state index contributed by atoms with van der Waals surface area (Å²) in [6.45, 7) is 15.2. The van der Waals surface area contributed by atoms with E-state index in [1.54, 1.807) is 0 Å². The Hall–Kier alpha value is -2.66. The standard InChI is InChI=1S/C33H42N2O3/c1-9-25(37)35-33-14-12-28(2,3)18-21(33)26-22(36)16-24-30(6)17-20(19-34)27(38)29(4,5)23(30)10-11-31(24,7)32(26,8)13-15-33/h1,16-17,21,23,26H,10-15,18H2,2-8H3,(H,35,37)/t21-,23-,26-,30-,31+,32+,33-/m0/s1. The molecule has 0 aromatic heterocycles. The Bertz CT molecular complexity index is 1290. The molecule has 0 aromatic carbocycles. The number of ketones is 2. The van der Waals surface area contributed by atoms with Gasteiger partial charge in [-0.2, -0.15) is 5.26 Å². The number of carbonyl (C=O) groups is 3. The van der Waals surface area contributed by atoms with Crippen LogP contribution in [0.3, 0.4) is 0 Å². The van der Waals surface area contributed by atoms with Gasteiger partial charge in [-0.1, -0.05) is 60.1 Å². The number of fused-ring (bicyclic) bond motifs is 7. The topological polar surface area (TPSA) is 87.0 Å². The maximum absolute atomic E-state index is 14.4. The van der Waals surface area contributed by atoms with Gasteiger partial charge in [0.25, 0.3) is 5.91 Å². The molecule has 0 heterocycles. The molecule has 202 valence electrons. The van der Waals surface area contributed by atoms with E-state index in [-0.39, 0.29) is 57.0 Å². The fraction of sp³-hybridized carbons (Fsp3) is 0.697. The number of nitrogens with zero attached hydrogens (tertiary/aromatic N) is 1. The quantitative estimate of drug-likeness (QED) is 0.454. The number of Topliss-reactive ketones (excluding diaryl/α,β-unsaturated/α-hetero) is 1. The molecule has 0 spiro atoms. The lowest BCUT2D eigenvalue weighted by Crippen LogP contribution is -2.69. The Labute approximate surface area is 227 Å². The minimum absolute atomic E-state index is 0.00420. The molecule has 0 saturated heterocycles. The SMILES string of the molecule is C#CC(=O)N[C@]12CCC(C)(C)C[C@H]1[C@H]1C(=O)C=C3[C@@]4(C)C=C(C#N)C(=O)C(C)(C)[C@@H]4CC[C@@]3(C)[C@]1(C)CC2. The summed E-state index contributed by atoms with van der Waals surface area (Å²) in [6, 6.07) is 2.17. The number of carbonyl (C=O) groups excluding carboxylic acids is 3. The number of allylic oxidation sites excluding steroid dienone is 4. The summed E-state index contributed by atoms with van der Waals surface area (Å²) < 4.78 is 0. The molecule has 5 aliphatic rings. The van der Waals surface area contributed by atoms with Crippen LogP contribution in [-0.4, -0.2) is 23.0 Å². The van der Waals surface area contributed by atoms with Crippen molar-refractivity contribution in [3.05, 3.63) is 23.3 Å². The third-order valence-corrected chi connectivity index (χ3v) is 12.4. The molecule has 0 aliphatic heterocycles. The number of nitriles is 1. The smallest absolute Gasteiger partial charge is 0.296 e. The largest absolute Gasteiger partial charge is 0.340 e. The van der Waals surface area contributed by atoms with Crippen molar-refractivity contribution in [2.24, 2.45) is 44.8 Å². The van der Waals surface area contributed by atoms with Crippen LogP contribution in [0.25, 0.3) is 0 Å². The first-order valence-corrected chi connectivity index (χ1v) is 14.2. The molecule has 7 atom stereocenters. The Morgan fingerprint density at radius 2 is 1.68 bits per heavy atom. The lowest BCUT2D eigenvalue weighted by Gasteiger charge is -2.69. The predicted molar refractivity (Wildman–Crippen MR) is 146 cm³/mol. The molecule has 5 rings (SSSR count). The maximum Gasteiger partial charge on any atom is 0.296 e. The van der Waals surface area contributed by atoms with Gasteiger partial charge in [0.1, 0.15) is 6.07 Å². The van der Waals surface area contributed by atoms with Crippen molar-refractivity contribution in [3.63, 3.8) is 0 Å². The van der Waals surface area contributed by atoms with E-state index in [2.05, 4.69) is 51.9 Å². The normalized spacial score (nSPS) is 44.5. The highest BCUT2D eigenvalue weighted by Crippen LogP contribution is 2.73. The highest BCUT2D eigenvalue weighted by Gasteiger charge is 2.70. The van der Waals surface area contributed by atoms with E-state index >= 15 is 0 Å². The van der Waals surface area contributed by atoms with Gasteiger partial charge in [-0.15, -0.1) is 6.42 Å². The van der Waals surface area contributed by atoms with Gasteiger partial charge in [0.15, 0.2) is 11.6 Å². The van der Waals surface area contributed by atoms with Crippen molar-refractivity contribution < 1.29 is 14.4 Å². The Balaban J connectivity index is 1.69. The van der Waals surface area contributed by atoms with Gasteiger partial charge in [-0.05, 0) is 85.0 Å². The molecule has 5 nitrogen and oxygen atoms in total. The van der Waals surface area contributed by atoms with Gasteiger partial charge in [0.05, 0.1) is 5.57 Å². The molecule has 0 radical (unpaired) electrons. The van der Waals surface area contributed by atoms with Crippen LogP contribution < -0.4 is 5.32 Å². The minimum Gasteiger partial charge on any atom is -0.340 e. The van der Waals surface area contributed by atoms with Crippen molar-refractivity contribution >= 4 is 17.5 Å². The van der Waals surface area contributed by atoms with Crippen LogP contribution in [-0.2, 0) is 14.4 Å². The molecule has 38 heavy (non-hydrogen) atoms. The highest BCUT2D eigenvalue weighted by atomic mass is 16.2. The van der Waals surface area contributed by atoms with Crippen LogP contribution in [0, 0.1) is 68.5 Å². The summed E-state index contributed by atoms with van der Waals surface area (Å²) in [5.74, 6) is 1.72. The lowest BCUT2D eigenvalue weighted by molar-refractivity contribution is -0.163. The van der Waals surface area contributed by atoms with E-state index in [0.717, 1.165) is 50.5 Å². The van der Waals surface area contributed by atoms with E-state index in [0.29, 0.717) is 0 Å². The average Bonchev–Trinajstić information content (AvgIpc) is 2.83. The first-order chi connectivity index (χ1) is 17.5. The lowest BCUT2D eigenvalue weighted by atomic mass is 9.35. The molecule has 3 saturated carbocycles. The van der Waals surface area contributed by atoms with E-state index in [9.17, 15) is 19.6 Å². The molecular weight excluding hydrogens is 472 g/mol. The summed E-state index contributed by atoms with van der Waals surface area (Å²) in [6.07, 6.45) is 15.3. The Morgan fingerprint density at radius 3 is 2.32 bits per heavy atom. The number of nitrogens with one attached hydrogen (secondary N) is 1. The number of rotatable bonds is 1. The fourth-order valence-corrected chi connectivity index (χ4v) is 10.1. The summed E-state index contributed by atoms with van der Waals surface area (Å²) in [4.78, 5) is 40.2. The maximum atomic E-state index is 14.4. The molecule has 5 heteroatoms. The average molecular weight is 515 g/mol. The minimum atomic E-state index is -0.674. The van der Waals surface area contributed by atoms with Gasteiger partial charge >= 0.3 is 0 Å². The van der Waals surface area contributed by atoms with Gasteiger partial charge in [0, 0.05) is 22.3 Å². The van der Waals surface area contributed by atoms with Crippen LogP contribution in [0.5, 0.6) is 0 Å². The predicted octanol–water partition coefficient (Wildman–Crippen LogP) is 5.71. The number of hydrogen-bond donors (Lipinski definition) is 1. The van der Waals surface area contributed by atoms with E-state index < -0.39 is 16.4 Å². The third-order valence-electron chi connectivity index (χ3n) is 12.4. The molecule has 3 fully saturated rings. The number of terminal acetylenes is 1. The van der Waals surface area contributed by atoms with Gasteiger partial charge < -0.3 is 5.32 Å². The highest BCUT2D eigenvalue weighted by molar-refractivity contribution is 6.04. The van der Waals surface area contributed by atoms with Crippen LogP contribution in [0.4, 0.5) is 0 Å². The van der Waals surface area contributed by atoms with Crippen LogP contribution >= 0.6 is 0 Å². The van der Waals surface area contributed by atoms with E-state index in [1.165, 1.54) is 0 Å². The second kappa shape index (κ2) is 7.94. The molecule has 1 N–H and O–H groups in total. The number of amides is 1. The summed E-state index contributed by atoms with van der Waals surface area (Å²) in [5.41, 5.74) is -0.885. The first-order valence-electron chi connectivity index (χ1n) is 14.2. The molecule has 0 bridgehead atoms. The summed E-state index contributed by atoms with van der Waals surface area (Å²) in [5, 5.41) is 13.1. The number of hydrogen-bond acceptors (Lipinski definition) is 4. The molecule has 0 unspecified atom stereocenters. The van der Waals surface area contributed by atoms with Crippen molar-refractivity contribution in [3.8, 4) is 18.4 Å². The summed E-state index contributed by atoms with van der Waals surface area (Å²) in [7, 11) is 0. The fourth-order valence-electron chi connectivity index (χ4n) is 10.1. The van der Waals surface area contributed by atoms with Crippen molar-refractivity contribution in [2.75, 3.05) is 0 Å². The Kier molecular flexibility index (Phi) is 5.63. The van der Waals surface area contributed by atoms with E-state index in [1.807, 2.05) is 26.0 Å². The molecular formula is C33H42N2O3. The first kappa shape index (κ1) is 26.9. The Morgan fingerprint density at radius 1 is 1.03 bits per heavy atom. The van der Waals surface area contributed by atoms with Crippen LogP contribution in [0.2, 0.25) is 0 Å². The van der Waals surface area contributed by atoms with Crippen LogP contribution in [0.1, 0.15) is 93.4 Å². The zero-order valence-corrected chi connectivity index (χ0v) is 24.1.